The molecule has 2 heterocycles. The molecule has 2 amide bonds. The van der Waals surface area contributed by atoms with Gasteiger partial charge in [-0.05, 0) is 42.0 Å². The summed E-state index contributed by atoms with van der Waals surface area (Å²) in [5, 5.41) is 11.5. The van der Waals surface area contributed by atoms with E-state index in [0.717, 1.165) is 16.5 Å². The van der Waals surface area contributed by atoms with E-state index in [1.165, 1.54) is 0 Å². The predicted molar refractivity (Wildman–Crippen MR) is 106 cm³/mol. The van der Waals surface area contributed by atoms with E-state index in [2.05, 4.69) is 0 Å². The minimum atomic E-state index is -0.682. The molecule has 1 aliphatic heterocycles. The molecular formula is C21H22N4O3. The first kappa shape index (κ1) is 18.2. The summed E-state index contributed by atoms with van der Waals surface area (Å²) in [5.41, 5.74) is 13.8. The lowest BCUT2D eigenvalue weighted by Gasteiger charge is -2.18. The molecule has 0 unspecified atom stereocenters. The number of hydrogen-bond donors (Lipinski definition) is 3. The standard InChI is InChI=1S/C21H22N4O3/c22-10-13-1-3-14(4-2-13)21(28)24-11-18(19(26)12-24)25-8-7-15-9-16(20(23)27)5-6-17(15)25/h1-9,18-19,26H,10-12,22H2,(H2,23,27)/t18-,19-/m1/s1. The number of primary amides is 1. The lowest BCUT2D eigenvalue weighted by molar-refractivity contribution is 0.0764. The average molecular weight is 378 g/mol. The summed E-state index contributed by atoms with van der Waals surface area (Å²) in [5.74, 6) is -0.592. The molecule has 7 heteroatoms. The minimum Gasteiger partial charge on any atom is -0.389 e. The molecule has 3 aromatic rings. The Labute approximate surface area is 162 Å². The number of aliphatic hydroxyl groups is 1. The van der Waals surface area contributed by atoms with Gasteiger partial charge in [0.15, 0.2) is 0 Å². The number of rotatable bonds is 4. The Kier molecular flexibility index (Phi) is 4.62. The smallest absolute Gasteiger partial charge is 0.254 e. The maximum Gasteiger partial charge on any atom is 0.254 e. The van der Waals surface area contributed by atoms with E-state index in [4.69, 9.17) is 11.5 Å². The fourth-order valence-corrected chi connectivity index (χ4v) is 3.78. The van der Waals surface area contributed by atoms with Gasteiger partial charge in [-0.1, -0.05) is 12.1 Å². The van der Waals surface area contributed by atoms with E-state index in [9.17, 15) is 14.7 Å². The zero-order valence-corrected chi connectivity index (χ0v) is 15.3. The average Bonchev–Trinajstić information content (AvgIpc) is 3.30. The number of benzene rings is 2. The van der Waals surface area contributed by atoms with E-state index in [0.29, 0.717) is 24.2 Å². The van der Waals surface area contributed by atoms with Crippen LogP contribution in [-0.4, -0.2) is 45.6 Å². The highest BCUT2D eigenvalue weighted by molar-refractivity contribution is 5.97. The van der Waals surface area contributed by atoms with Crippen molar-refractivity contribution in [1.29, 1.82) is 0 Å². The van der Waals surface area contributed by atoms with Crippen LogP contribution in [0.5, 0.6) is 0 Å². The monoisotopic (exact) mass is 378 g/mol. The van der Waals surface area contributed by atoms with Gasteiger partial charge in [-0.2, -0.15) is 0 Å². The number of aromatic nitrogens is 1. The Morgan fingerprint density at radius 2 is 1.75 bits per heavy atom. The Balaban J connectivity index is 1.57. The van der Waals surface area contributed by atoms with E-state index < -0.39 is 12.0 Å². The molecule has 1 aromatic heterocycles. The number of aliphatic hydroxyl groups excluding tert-OH is 1. The number of β-amino-alcohol motifs (C(OH)–C–C–N with tert-alkyl or cyclic N) is 1. The van der Waals surface area contributed by atoms with Gasteiger partial charge in [-0.25, -0.2) is 0 Å². The van der Waals surface area contributed by atoms with Gasteiger partial charge in [0.05, 0.1) is 12.1 Å². The Bertz CT molecular complexity index is 1040. The third-order valence-corrected chi connectivity index (χ3v) is 5.35. The summed E-state index contributed by atoms with van der Waals surface area (Å²) < 4.78 is 1.95. The van der Waals surface area contributed by atoms with Crippen LogP contribution in [-0.2, 0) is 6.54 Å². The fourth-order valence-electron chi connectivity index (χ4n) is 3.78. The highest BCUT2D eigenvalue weighted by Gasteiger charge is 2.35. The highest BCUT2D eigenvalue weighted by atomic mass is 16.3. The third-order valence-electron chi connectivity index (χ3n) is 5.35. The number of nitrogens with zero attached hydrogens (tertiary/aromatic N) is 2. The summed E-state index contributed by atoms with van der Waals surface area (Å²) >= 11 is 0. The van der Waals surface area contributed by atoms with Crippen LogP contribution in [0.2, 0.25) is 0 Å². The van der Waals surface area contributed by atoms with Crippen molar-refractivity contribution < 1.29 is 14.7 Å². The molecule has 0 spiro atoms. The van der Waals surface area contributed by atoms with Gasteiger partial charge < -0.3 is 26.0 Å². The van der Waals surface area contributed by atoms with Gasteiger partial charge in [0.1, 0.15) is 0 Å². The largest absolute Gasteiger partial charge is 0.389 e. The number of carbonyl (C=O) groups is 2. The second kappa shape index (κ2) is 7.10. The maximum atomic E-state index is 12.8. The third kappa shape index (κ3) is 3.15. The van der Waals surface area contributed by atoms with Gasteiger partial charge in [-0.3, -0.25) is 9.59 Å². The second-order valence-corrected chi connectivity index (χ2v) is 7.11. The van der Waals surface area contributed by atoms with Crippen molar-refractivity contribution in [3.05, 3.63) is 71.4 Å². The van der Waals surface area contributed by atoms with Gasteiger partial charge in [0.2, 0.25) is 5.91 Å². The first-order chi connectivity index (χ1) is 13.5. The van der Waals surface area contributed by atoms with Gasteiger partial charge in [0.25, 0.3) is 5.91 Å². The number of nitrogens with two attached hydrogens (primary N) is 2. The van der Waals surface area contributed by atoms with Crippen molar-refractivity contribution in [1.82, 2.24) is 9.47 Å². The van der Waals surface area contributed by atoms with E-state index in [1.807, 2.05) is 35.0 Å². The Hall–Kier alpha value is -3.16. The number of likely N-dealkylation sites (tertiary alicyclic amines) is 1. The number of amides is 2. The quantitative estimate of drug-likeness (QED) is 0.634. The number of hydrogen-bond acceptors (Lipinski definition) is 4. The summed E-state index contributed by atoms with van der Waals surface area (Å²) in [4.78, 5) is 25.9. The van der Waals surface area contributed by atoms with Gasteiger partial charge in [0, 0.05) is 47.9 Å². The van der Waals surface area contributed by atoms with Crippen LogP contribution in [0, 0.1) is 0 Å². The van der Waals surface area contributed by atoms with Crippen LogP contribution in [0.1, 0.15) is 32.3 Å². The molecule has 28 heavy (non-hydrogen) atoms. The topological polar surface area (TPSA) is 115 Å². The summed E-state index contributed by atoms with van der Waals surface area (Å²) in [7, 11) is 0. The summed E-state index contributed by atoms with van der Waals surface area (Å²) in [6.45, 7) is 1.10. The summed E-state index contributed by atoms with van der Waals surface area (Å²) in [6.07, 6.45) is 1.19. The highest BCUT2D eigenvalue weighted by Crippen LogP contribution is 2.29. The molecule has 2 aromatic carbocycles. The SMILES string of the molecule is NCc1ccc(C(=O)N2C[C@@H](O)[C@H](n3ccc4cc(C(N)=O)ccc43)C2)cc1. The molecule has 1 saturated heterocycles. The Morgan fingerprint density at radius 1 is 1.04 bits per heavy atom. The molecule has 4 rings (SSSR count). The van der Waals surface area contributed by atoms with E-state index in [1.54, 1.807) is 29.2 Å². The number of carbonyl (C=O) groups excluding carboxylic acids is 2. The van der Waals surface area contributed by atoms with Gasteiger partial charge in [-0.15, -0.1) is 0 Å². The molecular weight excluding hydrogens is 356 g/mol. The molecule has 0 radical (unpaired) electrons. The second-order valence-electron chi connectivity index (χ2n) is 7.11. The Morgan fingerprint density at radius 3 is 2.43 bits per heavy atom. The van der Waals surface area contributed by atoms with Crippen molar-refractivity contribution in [2.45, 2.75) is 18.7 Å². The van der Waals surface area contributed by atoms with Crippen molar-refractivity contribution in [2.75, 3.05) is 13.1 Å². The lowest BCUT2D eigenvalue weighted by atomic mass is 10.1. The molecule has 1 fully saturated rings. The predicted octanol–water partition coefficient (Wildman–Crippen LogP) is 1.26. The molecule has 2 atom stereocenters. The van der Waals surface area contributed by atoms with Crippen molar-refractivity contribution >= 4 is 22.7 Å². The summed E-state index contributed by atoms with van der Waals surface area (Å²) in [6, 6.07) is 14.1. The zero-order chi connectivity index (χ0) is 19.8. The van der Waals surface area contributed by atoms with Crippen molar-refractivity contribution in [3.63, 3.8) is 0 Å². The van der Waals surface area contributed by atoms with Crippen LogP contribution in [0.25, 0.3) is 10.9 Å². The first-order valence-corrected chi connectivity index (χ1v) is 9.14. The molecule has 0 bridgehead atoms. The molecule has 5 N–H and O–H groups in total. The van der Waals surface area contributed by atoms with Gasteiger partial charge >= 0.3 is 0 Å². The van der Waals surface area contributed by atoms with Crippen LogP contribution < -0.4 is 11.5 Å². The van der Waals surface area contributed by atoms with Crippen LogP contribution in [0.15, 0.2) is 54.7 Å². The zero-order valence-electron chi connectivity index (χ0n) is 15.3. The normalized spacial score (nSPS) is 19.3. The molecule has 0 aliphatic carbocycles. The molecule has 144 valence electrons. The van der Waals surface area contributed by atoms with E-state index in [-0.39, 0.29) is 18.5 Å². The molecule has 1 aliphatic rings. The minimum absolute atomic E-state index is 0.113. The molecule has 7 nitrogen and oxygen atoms in total. The number of fused-ring (bicyclic) bond motifs is 1. The van der Waals surface area contributed by atoms with Crippen LogP contribution in [0.3, 0.4) is 0 Å². The van der Waals surface area contributed by atoms with Crippen LogP contribution >= 0.6 is 0 Å². The maximum absolute atomic E-state index is 12.8. The van der Waals surface area contributed by atoms with Crippen LogP contribution in [0.4, 0.5) is 0 Å². The van der Waals surface area contributed by atoms with E-state index >= 15 is 0 Å². The van der Waals surface area contributed by atoms with Crippen molar-refractivity contribution in [2.24, 2.45) is 11.5 Å². The van der Waals surface area contributed by atoms with Crippen molar-refractivity contribution in [3.8, 4) is 0 Å². The fraction of sp³-hybridized carbons (Fsp3) is 0.238. The lowest BCUT2D eigenvalue weighted by Crippen LogP contribution is -2.29. The molecule has 0 saturated carbocycles. The first-order valence-electron chi connectivity index (χ1n) is 9.14.